The molecule has 2 aliphatic rings. The van der Waals surface area contributed by atoms with Crippen molar-refractivity contribution in [3.63, 3.8) is 0 Å². The van der Waals surface area contributed by atoms with Crippen molar-refractivity contribution >= 4 is 40.9 Å². The molecule has 2 fully saturated rings. The van der Waals surface area contributed by atoms with Gasteiger partial charge in [0.15, 0.2) is 0 Å². The van der Waals surface area contributed by atoms with E-state index in [4.69, 9.17) is 0 Å². The molecule has 3 amide bonds. The van der Waals surface area contributed by atoms with Gasteiger partial charge in [-0.25, -0.2) is 0 Å². The third kappa shape index (κ3) is 4.37. The number of fused-ring (bicyclic) bond motifs is 1. The van der Waals surface area contributed by atoms with Crippen molar-refractivity contribution < 1.29 is 14.4 Å². The molecule has 0 radical (unpaired) electrons. The van der Waals surface area contributed by atoms with Crippen LogP contribution in [0.25, 0.3) is 10.9 Å². The van der Waals surface area contributed by atoms with Gasteiger partial charge in [-0.1, -0.05) is 18.2 Å². The van der Waals surface area contributed by atoms with Gasteiger partial charge in [0.1, 0.15) is 11.7 Å². The van der Waals surface area contributed by atoms with Crippen LogP contribution in [0.2, 0.25) is 0 Å². The first-order valence-electron chi connectivity index (χ1n) is 11.3. The van der Waals surface area contributed by atoms with Crippen LogP contribution >= 0.6 is 11.8 Å². The lowest BCUT2D eigenvalue weighted by Gasteiger charge is -2.39. The van der Waals surface area contributed by atoms with Gasteiger partial charge < -0.3 is 19.7 Å². The molecule has 2 saturated heterocycles. The highest BCUT2D eigenvalue weighted by Crippen LogP contribution is 2.41. The van der Waals surface area contributed by atoms with Crippen molar-refractivity contribution in [3.05, 3.63) is 36.0 Å². The standard InChI is InChI=1S/C24H32N4O3S/c1-26-20-6-4-3-5-18(20)15-21(26)23(31)27-11-8-24(9-12-27)10-13-28(16-24)22(30)19(25-17-29)7-14-32-2/h3-6,15,17,19H,7-14,16H2,1-2H3,(H,25,29). The van der Waals surface area contributed by atoms with Crippen LogP contribution in [-0.4, -0.2) is 76.8 Å². The molecule has 2 aromatic rings. The number of carbonyl (C=O) groups excluding carboxylic acids is 3. The summed E-state index contributed by atoms with van der Waals surface area (Å²) in [4.78, 5) is 41.0. The number of para-hydroxylation sites is 1. The first kappa shape index (κ1) is 22.7. The highest BCUT2D eigenvalue weighted by Gasteiger charge is 2.44. The lowest BCUT2D eigenvalue weighted by Crippen LogP contribution is -2.48. The zero-order valence-electron chi connectivity index (χ0n) is 18.9. The summed E-state index contributed by atoms with van der Waals surface area (Å²) in [5, 5.41) is 3.78. The second-order valence-electron chi connectivity index (χ2n) is 9.07. The summed E-state index contributed by atoms with van der Waals surface area (Å²) in [6.45, 7) is 2.88. The summed E-state index contributed by atoms with van der Waals surface area (Å²) in [6, 6.07) is 9.59. The summed E-state index contributed by atoms with van der Waals surface area (Å²) in [5.74, 6) is 0.940. The van der Waals surface area contributed by atoms with E-state index >= 15 is 0 Å². The number of hydrogen-bond donors (Lipinski definition) is 1. The predicted octanol–water partition coefficient (Wildman–Crippen LogP) is 2.50. The first-order valence-corrected chi connectivity index (χ1v) is 12.7. The minimum absolute atomic E-state index is 0.0250. The smallest absolute Gasteiger partial charge is 0.270 e. The molecule has 0 aliphatic carbocycles. The number of carbonyl (C=O) groups is 3. The van der Waals surface area contributed by atoms with Crippen LogP contribution in [0.3, 0.4) is 0 Å². The highest BCUT2D eigenvalue weighted by atomic mass is 32.2. The normalized spacial score (nSPS) is 18.8. The number of hydrogen-bond acceptors (Lipinski definition) is 4. The van der Waals surface area contributed by atoms with E-state index in [0.717, 1.165) is 54.7 Å². The average Bonchev–Trinajstić information content (AvgIpc) is 3.38. The summed E-state index contributed by atoms with van der Waals surface area (Å²) in [6.07, 6.45) is 6.05. The molecule has 1 unspecified atom stereocenters. The fourth-order valence-electron chi connectivity index (χ4n) is 5.19. The van der Waals surface area contributed by atoms with Crippen LogP contribution in [0.5, 0.6) is 0 Å². The monoisotopic (exact) mass is 456 g/mol. The number of likely N-dealkylation sites (tertiary alicyclic amines) is 2. The van der Waals surface area contributed by atoms with Gasteiger partial charge in [-0.05, 0) is 55.2 Å². The number of aryl methyl sites for hydroxylation is 1. The van der Waals surface area contributed by atoms with Gasteiger partial charge in [-0.3, -0.25) is 14.4 Å². The van der Waals surface area contributed by atoms with Gasteiger partial charge in [0.25, 0.3) is 5.91 Å². The number of amides is 3. The minimum Gasteiger partial charge on any atom is -0.347 e. The van der Waals surface area contributed by atoms with Crippen molar-refractivity contribution in [1.82, 2.24) is 19.7 Å². The quantitative estimate of drug-likeness (QED) is 0.650. The number of piperidine rings is 1. The molecule has 1 N–H and O–H groups in total. The molecule has 3 heterocycles. The Bertz CT molecular complexity index is 996. The highest BCUT2D eigenvalue weighted by molar-refractivity contribution is 7.98. The molecule has 8 heteroatoms. The molecule has 1 aromatic carbocycles. The molecule has 0 saturated carbocycles. The van der Waals surface area contributed by atoms with Gasteiger partial charge in [-0.2, -0.15) is 11.8 Å². The summed E-state index contributed by atoms with van der Waals surface area (Å²) >= 11 is 1.67. The van der Waals surface area contributed by atoms with Gasteiger partial charge >= 0.3 is 0 Å². The first-order chi connectivity index (χ1) is 15.5. The Balaban J connectivity index is 1.38. The summed E-state index contributed by atoms with van der Waals surface area (Å²) < 4.78 is 1.98. The minimum atomic E-state index is -0.441. The number of thioether (sulfide) groups is 1. The van der Waals surface area contributed by atoms with E-state index in [2.05, 4.69) is 5.32 Å². The Kier molecular flexibility index (Phi) is 6.79. The topological polar surface area (TPSA) is 74.7 Å². The van der Waals surface area contributed by atoms with Crippen LogP contribution in [0.1, 0.15) is 36.2 Å². The number of rotatable bonds is 7. The molecule has 2 aliphatic heterocycles. The molecule has 7 nitrogen and oxygen atoms in total. The third-order valence-electron chi connectivity index (χ3n) is 7.21. The van der Waals surface area contributed by atoms with E-state index in [0.29, 0.717) is 25.9 Å². The van der Waals surface area contributed by atoms with Crippen LogP contribution < -0.4 is 5.32 Å². The summed E-state index contributed by atoms with van der Waals surface area (Å²) in [7, 11) is 1.95. The fourth-order valence-corrected chi connectivity index (χ4v) is 5.66. The van der Waals surface area contributed by atoms with Crippen molar-refractivity contribution in [2.75, 3.05) is 38.2 Å². The number of aromatic nitrogens is 1. The Morgan fingerprint density at radius 1 is 1.16 bits per heavy atom. The predicted molar refractivity (Wildman–Crippen MR) is 128 cm³/mol. The summed E-state index contributed by atoms with van der Waals surface area (Å²) in [5.41, 5.74) is 1.87. The van der Waals surface area contributed by atoms with Crippen LogP contribution in [-0.2, 0) is 16.6 Å². The Morgan fingerprint density at radius 2 is 1.84 bits per heavy atom. The van der Waals surface area contributed by atoms with Crippen molar-refractivity contribution in [3.8, 4) is 0 Å². The molecule has 32 heavy (non-hydrogen) atoms. The van der Waals surface area contributed by atoms with Crippen molar-refractivity contribution in [1.29, 1.82) is 0 Å². The van der Waals surface area contributed by atoms with Crippen LogP contribution in [0, 0.1) is 5.41 Å². The molecule has 0 bridgehead atoms. The maximum absolute atomic E-state index is 13.2. The molecular weight excluding hydrogens is 424 g/mol. The van der Waals surface area contributed by atoms with Gasteiger partial charge in [-0.15, -0.1) is 0 Å². The van der Waals surface area contributed by atoms with E-state index in [-0.39, 0.29) is 17.2 Å². The molecule has 4 rings (SSSR count). The second kappa shape index (κ2) is 9.57. The van der Waals surface area contributed by atoms with E-state index in [1.807, 2.05) is 58.0 Å². The zero-order valence-corrected chi connectivity index (χ0v) is 19.7. The third-order valence-corrected chi connectivity index (χ3v) is 7.85. The molecule has 172 valence electrons. The second-order valence-corrected chi connectivity index (χ2v) is 10.1. The average molecular weight is 457 g/mol. The molecule has 1 atom stereocenters. The molecule has 1 aromatic heterocycles. The van der Waals surface area contributed by atoms with E-state index in [1.165, 1.54) is 0 Å². The lowest BCUT2D eigenvalue weighted by molar-refractivity contribution is -0.134. The maximum Gasteiger partial charge on any atom is 0.270 e. The van der Waals surface area contributed by atoms with Gasteiger partial charge in [0.2, 0.25) is 12.3 Å². The van der Waals surface area contributed by atoms with Crippen molar-refractivity contribution in [2.45, 2.75) is 31.7 Å². The Labute approximate surface area is 193 Å². The Hall–Kier alpha value is -2.48. The number of benzene rings is 1. The van der Waals surface area contributed by atoms with Crippen molar-refractivity contribution in [2.24, 2.45) is 12.5 Å². The number of nitrogens with zero attached hydrogens (tertiary/aromatic N) is 3. The van der Waals surface area contributed by atoms with E-state index in [9.17, 15) is 14.4 Å². The van der Waals surface area contributed by atoms with Crippen LogP contribution in [0.15, 0.2) is 30.3 Å². The van der Waals surface area contributed by atoms with Crippen LogP contribution in [0.4, 0.5) is 0 Å². The largest absolute Gasteiger partial charge is 0.347 e. The van der Waals surface area contributed by atoms with Gasteiger partial charge in [0, 0.05) is 44.1 Å². The zero-order chi connectivity index (χ0) is 22.7. The fraction of sp³-hybridized carbons (Fsp3) is 0.542. The van der Waals surface area contributed by atoms with E-state index < -0.39 is 6.04 Å². The lowest BCUT2D eigenvalue weighted by atomic mass is 9.77. The van der Waals surface area contributed by atoms with E-state index in [1.54, 1.807) is 11.8 Å². The Morgan fingerprint density at radius 3 is 2.50 bits per heavy atom. The van der Waals surface area contributed by atoms with Gasteiger partial charge in [0.05, 0.1) is 0 Å². The maximum atomic E-state index is 13.2. The SMILES string of the molecule is CSCCC(NC=O)C(=O)N1CCC2(CCN(C(=O)c3cc4ccccc4n3C)CC2)C1. The molecule has 1 spiro atoms. The number of nitrogens with one attached hydrogen (secondary N) is 1. The molecular formula is C24H32N4O3S.